The summed E-state index contributed by atoms with van der Waals surface area (Å²) in [6, 6.07) is 65.9. The van der Waals surface area contributed by atoms with Crippen LogP contribution in [0.15, 0.2) is 176 Å². The minimum absolute atomic E-state index is 0.622. The Bertz CT molecular complexity index is 3350. The van der Waals surface area contributed by atoms with Crippen molar-refractivity contribution in [1.82, 2.24) is 13.7 Å². The number of para-hydroxylation sites is 4. The molecule has 0 bridgehead atoms. The standard InChI is InChI=1S/C50H29N5/c51-30-32-20-26-49-41(28-32)42-29-35(54-44-15-5-1-10-37(44)38-11-2-6-16-45(38)54)25-27-50(42)53(49)34-23-21-33(22-24-34)36-14-9-19-48(43(36)31-52)55-46-17-7-3-12-39(46)40-13-4-8-18-47(40)55/h1-29H. The van der Waals surface area contributed by atoms with Crippen molar-refractivity contribution in [3.63, 3.8) is 0 Å². The van der Waals surface area contributed by atoms with Crippen LogP contribution in [0, 0.1) is 22.7 Å². The first-order valence-corrected chi connectivity index (χ1v) is 18.3. The lowest BCUT2D eigenvalue weighted by Crippen LogP contribution is -1.99. The van der Waals surface area contributed by atoms with Gasteiger partial charge in [0, 0.05) is 49.3 Å². The summed E-state index contributed by atoms with van der Waals surface area (Å²) < 4.78 is 6.81. The van der Waals surface area contributed by atoms with Crippen LogP contribution < -0.4 is 0 Å². The van der Waals surface area contributed by atoms with Gasteiger partial charge in [-0.3, -0.25) is 0 Å². The van der Waals surface area contributed by atoms with Gasteiger partial charge in [-0.1, -0.05) is 97.1 Å². The third-order valence-electron chi connectivity index (χ3n) is 11.1. The van der Waals surface area contributed by atoms with E-state index in [0.29, 0.717) is 11.1 Å². The molecule has 0 N–H and O–H groups in total. The first kappa shape index (κ1) is 30.7. The highest BCUT2D eigenvalue weighted by Gasteiger charge is 2.19. The van der Waals surface area contributed by atoms with Gasteiger partial charge in [-0.25, -0.2) is 0 Å². The molecule has 55 heavy (non-hydrogen) atoms. The number of fused-ring (bicyclic) bond motifs is 9. The Labute approximate surface area is 316 Å². The first-order valence-electron chi connectivity index (χ1n) is 18.3. The van der Waals surface area contributed by atoms with Crippen LogP contribution in [0.3, 0.4) is 0 Å². The summed E-state index contributed by atoms with van der Waals surface area (Å²) in [6.07, 6.45) is 0. The topological polar surface area (TPSA) is 62.4 Å². The fraction of sp³-hybridized carbons (Fsp3) is 0. The van der Waals surface area contributed by atoms with E-state index in [4.69, 9.17) is 0 Å². The summed E-state index contributed by atoms with van der Waals surface area (Å²) in [4.78, 5) is 0. The zero-order chi connectivity index (χ0) is 36.6. The Balaban J connectivity index is 1.07. The van der Waals surface area contributed by atoms with Crippen molar-refractivity contribution in [2.75, 3.05) is 0 Å². The molecule has 3 heterocycles. The van der Waals surface area contributed by atoms with E-state index in [-0.39, 0.29) is 0 Å². The molecular weight excluding hydrogens is 671 g/mol. The molecule has 3 aromatic heterocycles. The molecule has 11 aromatic rings. The summed E-state index contributed by atoms with van der Waals surface area (Å²) in [5, 5.41) is 27.5. The molecule has 11 rings (SSSR count). The second-order valence-electron chi connectivity index (χ2n) is 14.0. The Morgan fingerprint density at radius 3 is 1.38 bits per heavy atom. The largest absolute Gasteiger partial charge is 0.309 e. The van der Waals surface area contributed by atoms with Gasteiger partial charge < -0.3 is 13.7 Å². The molecule has 0 unspecified atom stereocenters. The Morgan fingerprint density at radius 1 is 0.345 bits per heavy atom. The number of hydrogen-bond acceptors (Lipinski definition) is 2. The van der Waals surface area contributed by atoms with E-state index >= 15 is 0 Å². The van der Waals surface area contributed by atoms with Gasteiger partial charge in [0.2, 0.25) is 0 Å². The minimum atomic E-state index is 0.622. The fourth-order valence-corrected chi connectivity index (χ4v) is 8.76. The fourth-order valence-electron chi connectivity index (χ4n) is 8.76. The molecule has 254 valence electrons. The van der Waals surface area contributed by atoms with Gasteiger partial charge in [-0.2, -0.15) is 10.5 Å². The maximum Gasteiger partial charge on any atom is 0.102 e. The number of nitrogens with zero attached hydrogens (tertiary/aromatic N) is 5. The Kier molecular flexibility index (Phi) is 6.61. The predicted octanol–water partition coefficient (Wildman–Crippen LogP) is 12.4. The maximum absolute atomic E-state index is 10.7. The highest BCUT2D eigenvalue weighted by molar-refractivity contribution is 6.13. The zero-order valence-corrected chi connectivity index (χ0v) is 29.5. The van der Waals surface area contributed by atoms with Crippen molar-refractivity contribution >= 4 is 65.4 Å². The molecule has 8 aromatic carbocycles. The van der Waals surface area contributed by atoms with Gasteiger partial charge >= 0.3 is 0 Å². The van der Waals surface area contributed by atoms with E-state index in [1.807, 2.05) is 48.5 Å². The number of benzene rings is 8. The average Bonchev–Trinajstić information content (AvgIpc) is 3.88. The minimum Gasteiger partial charge on any atom is -0.309 e. The van der Waals surface area contributed by atoms with Crippen molar-refractivity contribution in [2.45, 2.75) is 0 Å². The average molecular weight is 700 g/mol. The smallest absolute Gasteiger partial charge is 0.102 e. The SMILES string of the molecule is N#Cc1ccc2c(c1)c1cc(-n3c4ccccc4c4ccccc43)ccc1n2-c1ccc(-c2cccc(-n3c4ccccc4c4ccccc43)c2C#N)cc1. The van der Waals surface area contributed by atoms with Crippen molar-refractivity contribution in [2.24, 2.45) is 0 Å². The van der Waals surface area contributed by atoms with Gasteiger partial charge in [0.05, 0.1) is 56.0 Å². The van der Waals surface area contributed by atoms with E-state index in [2.05, 4.69) is 153 Å². The van der Waals surface area contributed by atoms with Crippen LogP contribution in [0.4, 0.5) is 0 Å². The lowest BCUT2D eigenvalue weighted by atomic mass is 9.98. The second-order valence-corrected chi connectivity index (χ2v) is 14.0. The van der Waals surface area contributed by atoms with Crippen LogP contribution in [0.1, 0.15) is 11.1 Å². The molecule has 0 atom stereocenters. The van der Waals surface area contributed by atoms with Gasteiger partial charge in [-0.15, -0.1) is 0 Å². The maximum atomic E-state index is 10.7. The van der Waals surface area contributed by atoms with Crippen LogP contribution in [0.5, 0.6) is 0 Å². The van der Waals surface area contributed by atoms with E-state index in [0.717, 1.165) is 82.8 Å². The molecule has 0 amide bonds. The van der Waals surface area contributed by atoms with Crippen LogP contribution in [0.25, 0.3) is 93.6 Å². The predicted molar refractivity (Wildman–Crippen MR) is 224 cm³/mol. The first-order chi connectivity index (χ1) is 27.2. The van der Waals surface area contributed by atoms with Crippen molar-refractivity contribution in [3.05, 3.63) is 187 Å². The van der Waals surface area contributed by atoms with Crippen LogP contribution in [-0.2, 0) is 0 Å². The van der Waals surface area contributed by atoms with E-state index < -0.39 is 0 Å². The highest BCUT2D eigenvalue weighted by atomic mass is 15.0. The molecule has 0 aliphatic carbocycles. The van der Waals surface area contributed by atoms with Gasteiger partial charge in [-0.05, 0) is 84.4 Å². The number of nitriles is 2. The Morgan fingerprint density at radius 2 is 0.818 bits per heavy atom. The second kappa shape index (κ2) is 11.8. The summed E-state index contributed by atoms with van der Waals surface area (Å²) in [6.45, 7) is 0. The summed E-state index contributed by atoms with van der Waals surface area (Å²) in [5.41, 5.74) is 12.5. The summed E-state index contributed by atoms with van der Waals surface area (Å²) in [7, 11) is 0. The van der Waals surface area contributed by atoms with E-state index in [9.17, 15) is 10.5 Å². The third kappa shape index (κ3) is 4.45. The van der Waals surface area contributed by atoms with Crippen molar-refractivity contribution in [3.8, 4) is 40.3 Å². The zero-order valence-electron chi connectivity index (χ0n) is 29.5. The number of aromatic nitrogens is 3. The molecule has 0 aliphatic heterocycles. The molecule has 0 spiro atoms. The summed E-state index contributed by atoms with van der Waals surface area (Å²) in [5.74, 6) is 0. The van der Waals surface area contributed by atoms with Crippen LogP contribution in [-0.4, -0.2) is 13.7 Å². The lowest BCUT2D eigenvalue weighted by Gasteiger charge is -2.14. The van der Waals surface area contributed by atoms with Gasteiger partial charge in [0.15, 0.2) is 0 Å². The lowest BCUT2D eigenvalue weighted by molar-refractivity contribution is 1.16. The monoisotopic (exact) mass is 699 g/mol. The molecule has 5 nitrogen and oxygen atoms in total. The highest BCUT2D eigenvalue weighted by Crippen LogP contribution is 2.39. The van der Waals surface area contributed by atoms with E-state index in [1.54, 1.807) is 0 Å². The third-order valence-corrected chi connectivity index (χ3v) is 11.1. The van der Waals surface area contributed by atoms with Crippen molar-refractivity contribution in [1.29, 1.82) is 10.5 Å². The van der Waals surface area contributed by atoms with Gasteiger partial charge in [0.25, 0.3) is 0 Å². The van der Waals surface area contributed by atoms with E-state index in [1.165, 1.54) is 10.8 Å². The molecular formula is C50H29N5. The van der Waals surface area contributed by atoms with Gasteiger partial charge in [0.1, 0.15) is 6.07 Å². The molecule has 0 radical (unpaired) electrons. The molecule has 0 saturated heterocycles. The normalized spacial score (nSPS) is 11.6. The molecule has 0 fully saturated rings. The molecule has 0 aliphatic rings. The number of hydrogen-bond donors (Lipinski definition) is 0. The van der Waals surface area contributed by atoms with Crippen LogP contribution >= 0.6 is 0 Å². The number of rotatable bonds is 4. The Hall–Kier alpha value is -7.86. The molecule has 5 heteroatoms. The van der Waals surface area contributed by atoms with Crippen molar-refractivity contribution < 1.29 is 0 Å². The van der Waals surface area contributed by atoms with Crippen LogP contribution in [0.2, 0.25) is 0 Å². The molecule has 0 saturated carbocycles. The quantitative estimate of drug-likeness (QED) is 0.184. The summed E-state index contributed by atoms with van der Waals surface area (Å²) >= 11 is 0.